The van der Waals surface area contributed by atoms with Gasteiger partial charge in [0.1, 0.15) is 0 Å². The normalized spacial score (nSPS) is 13.4. The molecule has 5 heteroatoms. The summed E-state index contributed by atoms with van der Waals surface area (Å²) in [5.74, 6) is 0. The molecule has 1 aromatic rings. The molecule has 20 heavy (non-hydrogen) atoms. The van der Waals surface area contributed by atoms with E-state index in [2.05, 4.69) is 24.3 Å². The Morgan fingerprint density at radius 3 is 2.20 bits per heavy atom. The number of aryl methyl sites for hydroxylation is 1. The molecule has 0 saturated carbocycles. The van der Waals surface area contributed by atoms with Crippen LogP contribution in [0.2, 0.25) is 6.04 Å². The fourth-order valence-corrected chi connectivity index (χ4v) is 4.87. The van der Waals surface area contributed by atoms with E-state index in [0.29, 0.717) is 13.2 Å². The van der Waals surface area contributed by atoms with E-state index in [9.17, 15) is 0 Å². The van der Waals surface area contributed by atoms with Crippen LogP contribution in [0.3, 0.4) is 0 Å². The first-order chi connectivity index (χ1) is 9.62. The second-order valence-electron chi connectivity index (χ2n) is 4.71. The van der Waals surface area contributed by atoms with Gasteiger partial charge >= 0.3 is 8.80 Å². The van der Waals surface area contributed by atoms with Crippen molar-refractivity contribution in [2.24, 2.45) is 5.73 Å². The highest BCUT2D eigenvalue weighted by Gasteiger charge is 2.41. The van der Waals surface area contributed by atoms with E-state index in [1.165, 1.54) is 5.56 Å². The summed E-state index contributed by atoms with van der Waals surface area (Å²) < 4.78 is 17.5. The molecule has 0 amide bonds. The summed E-state index contributed by atoms with van der Waals surface area (Å²) in [6.07, 6.45) is 1.61. The number of rotatable bonds is 10. The molecule has 0 bridgehead atoms. The molecule has 1 atom stereocenters. The van der Waals surface area contributed by atoms with Crippen LogP contribution in [0.25, 0.3) is 0 Å². The third-order valence-corrected chi connectivity index (χ3v) is 6.04. The van der Waals surface area contributed by atoms with Crippen molar-refractivity contribution < 1.29 is 13.3 Å². The molecule has 1 unspecified atom stereocenters. The van der Waals surface area contributed by atoms with Gasteiger partial charge < -0.3 is 19.0 Å². The van der Waals surface area contributed by atoms with Crippen molar-refractivity contribution in [1.29, 1.82) is 0 Å². The predicted octanol–water partition coefficient (Wildman–Crippen LogP) is 2.95. The first kappa shape index (κ1) is 17.3. The molecule has 1 rings (SSSR count). The van der Waals surface area contributed by atoms with Crippen LogP contribution in [0.1, 0.15) is 32.8 Å². The summed E-state index contributed by atoms with van der Waals surface area (Å²) in [6, 6.07) is 11.2. The minimum Gasteiger partial charge on any atom is -0.374 e. The van der Waals surface area contributed by atoms with Gasteiger partial charge in [-0.05, 0) is 39.2 Å². The Morgan fingerprint density at radius 1 is 1.10 bits per heavy atom. The summed E-state index contributed by atoms with van der Waals surface area (Å²) >= 11 is 0. The second-order valence-corrected chi connectivity index (χ2v) is 7.39. The molecule has 0 fully saturated rings. The molecule has 0 heterocycles. The molecule has 0 spiro atoms. The van der Waals surface area contributed by atoms with E-state index in [1.54, 1.807) is 0 Å². The summed E-state index contributed by atoms with van der Waals surface area (Å²) in [5.41, 5.74) is 7.10. The number of hydrogen-bond donors (Lipinski definition) is 1. The lowest BCUT2D eigenvalue weighted by Gasteiger charge is -2.30. The van der Waals surface area contributed by atoms with Crippen LogP contribution in [0.15, 0.2) is 30.3 Å². The molecule has 114 valence electrons. The highest BCUT2D eigenvalue weighted by Crippen LogP contribution is 2.20. The Kier molecular flexibility index (Phi) is 8.02. The second kappa shape index (κ2) is 9.26. The standard InChI is InChI=1S/C15H27NO3Si/c1-4-17-20(18-5-2,19-14(3)16)13-9-12-15-10-7-6-8-11-15/h6-8,10-11,14H,4-5,9,12-13,16H2,1-3H3. The van der Waals surface area contributed by atoms with Gasteiger partial charge in [0, 0.05) is 19.3 Å². The Labute approximate surface area is 123 Å². The summed E-state index contributed by atoms with van der Waals surface area (Å²) in [4.78, 5) is 0. The van der Waals surface area contributed by atoms with Gasteiger partial charge in [-0.1, -0.05) is 30.3 Å². The minimum absolute atomic E-state index is 0.364. The molecule has 2 N–H and O–H groups in total. The smallest absolute Gasteiger partial charge is 0.374 e. The van der Waals surface area contributed by atoms with Gasteiger partial charge in [0.25, 0.3) is 0 Å². The van der Waals surface area contributed by atoms with Crippen molar-refractivity contribution in [3.05, 3.63) is 35.9 Å². The van der Waals surface area contributed by atoms with Crippen LogP contribution in [-0.4, -0.2) is 28.2 Å². The lowest BCUT2D eigenvalue weighted by molar-refractivity contribution is 0.0401. The quantitative estimate of drug-likeness (QED) is 0.533. The SMILES string of the molecule is CCO[Si](CCCc1ccccc1)(OCC)OC(C)N. The van der Waals surface area contributed by atoms with Crippen LogP contribution in [-0.2, 0) is 19.7 Å². The Morgan fingerprint density at radius 2 is 1.70 bits per heavy atom. The fourth-order valence-electron chi connectivity index (χ4n) is 2.19. The van der Waals surface area contributed by atoms with Crippen molar-refractivity contribution in [3.63, 3.8) is 0 Å². The van der Waals surface area contributed by atoms with Crippen LogP contribution < -0.4 is 5.73 Å². The molecule has 0 aliphatic rings. The van der Waals surface area contributed by atoms with Gasteiger partial charge in [-0.15, -0.1) is 0 Å². The van der Waals surface area contributed by atoms with Gasteiger partial charge in [-0.2, -0.15) is 0 Å². The zero-order valence-electron chi connectivity index (χ0n) is 12.8. The largest absolute Gasteiger partial charge is 0.502 e. The maximum Gasteiger partial charge on any atom is 0.502 e. The Hall–Kier alpha value is -0.723. The lowest BCUT2D eigenvalue weighted by Crippen LogP contribution is -2.49. The zero-order chi connectivity index (χ0) is 14.8. The van der Waals surface area contributed by atoms with Crippen LogP contribution in [0, 0.1) is 0 Å². The maximum atomic E-state index is 5.83. The van der Waals surface area contributed by atoms with E-state index in [-0.39, 0.29) is 6.23 Å². The topological polar surface area (TPSA) is 53.7 Å². The highest BCUT2D eigenvalue weighted by molar-refractivity contribution is 6.60. The van der Waals surface area contributed by atoms with E-state index in [0.717, 1.165) is 18.9 Å². The molecule has 0 aliphatic heterocycles. The first-order valence-corrected chi connectivity index (χ1v) is 9.30. The fraction of sp³-hybridized carbons (Fsp3) is 0.600. The van der Waals surface area contributed by atoms with Gasteiger partial charge in [0.05, 0.1) is 6.23 Å². The summed E-state index contributed by atoms with van der Waals surface area (Å²) in [7, 11) is -2.64. The molecular weight excluding hydrogens is 270 g/mol. The van der Waals surface area contributed by atoms with Crippen LogP contribution in [0.5, 0.6) is 0 Å². The Balaban J connectivity index is 2.58. The third-order valence-electron chi connectivity index (χ3n) is 2.89. The lowest BCUT2D eigenvalue weighted by atomic mass is 10.1. The highest BCUT2D eigenvalue weighted by atomic mass is 28.4. The van der Waals surface area contributed by atoms with Crippen molar-refractivity contribution in [1.82, 2.24) is 0 Å². The van der Waals surface area contributed by atoms with Gasteiger partial charge in [0.2, 0.25) is 0 Å². The average molecular weight is 297 g/mol. The van der Waals surface area contributed by atoms with Crippen molar-refractivity contribution in [3.8, 4) is 0 Å². The van der Waals surface area contributed by atoms with E-state index >= 15 is 0 Å². The molecule has 1 aromatic carbocycles. The summed E-state index contributed by atoms with van der Waals surface area (Å²) in [6.45, 7) is 6.91. The number of nitrogens with two attached hydrogens (primary N) is 1. The molecule has 0 aromatic heterocycles. The monoisotopic (exact) mass is 297 g/mol. The maximum absolute atomic E-state index is 5.83. The average Bonchev–Trinajstić information content (AvgIpc) is 2.39. The van der Waals surface area contributed by atoms with Gasteiger partial charge in [-0.3, -0.25) is 0 Å². The van der Waals surface area contributed by atoms with E-state index in [4.69, 9.17) is 19.0 Å². The molecule has 4 nitrogen and oxygen atoms in total. The zero-order valence-corrected chi connectivity index (χ0v) is 13.8. The number of benzene rings is 1. The summed E-state index contributed by atoms with van der Waals surface area (Å²) in [5, 5.41) is 0. The van der Waals surface area contributed by atoms with E-state index < -0.39 is 8.80 Å². The molecule has 0 radical (unpaired) electrons. The van der Waals surface area contributed by atoms with Crippen molar-refractivity contribution in [2.75, 3.05) is 13.2 Å². The first-order valence-electron chi connectivity index (χ1n) is 7.37. The van der Waals surface area contributed by atoms with Gasteiger partial charge in [0.15, 0.2) is 0 Å². The van der Waals surface area contributed by atoms with Crippen molar-refractivity contribution in [2.45, 2.75) is 45.9 Å². The molecule has 0 aliphatic carbocycles. The van der Waals surface area contributed by atoms with Crippen LogP contribution >= 0.6 is 0 Å². The number of hydrogen-bond acceptors (Lipinski definition) is 4. The van der Waals surface area contributed by atoms with E-state index in [1.807, 2.05) is 26.8 Å². The Bertz CT molecular complexity index is 353. The van der Waals surface area contributed by atoms with Crippen LogP contribution in [0.4, 0.5) is 0 Å². The third kappa shape index (κ3) is 6.15. The van der Waals surface area contributed by atoms with Gasteiger partial charge in [-0.25, -0.2) is 0 Å². The molecular formula is C15H27NO3Si. The predicted molar refractivity (Wildman–Crippen MR) is 83.3 cm³/mol. The van der Waals surface area contributed by atoms with Crippen molar-refractivity contribution >= 4 is 8.80 Å². The molecule has 0 saturated heterocycles. The minimum atomic E-state index is -2.64.